The summed E-state index contributed by atoms with van der Waals surface area (Å²) in [5.41, 5.74) is 1.95. The summed E-state index contributed by atoms with van der Waals surface area (Å²) >= 11 is 0. The zero-order chi connectivity index (χ0) is 13.4. The molecular formula is C14H23NO3. The van der Waals surface area contributed by atoms with Crippen LogP contribution in [0.3, 0.4) is 0 Å². The van der Waals surface area contributed by atoms with Crippen LogP contribution in [0.4, 0.5) is 0 Å². The van der Waals surface area contributed by atoms with Crippen LogP contribution in [-0.2, 0) is 4.74 Å². The summed E-state index contributed by atoms with van der Waals surface area (Å²) in [5, 5.41) is 13.3. The highest BCUT2D eigenvalue weighted by Crippen LogP contribution is 2.25. The molecule has 1 aromatic carbocycles. The average molecular weight is 253 g/mol. The van der Waals surface area contributed by atoms with E-state index in [9.17, 15) is 5.11 Å². The highest BCUT2D eigenvalue weighted by atomic mass is 16.5. The third kappa shape index (κ3) is 4.64. The van der Waals surface area contributed by atoms with Crippen molar-refractivity contribution in [2.24, 2.45) is 0 Å². The molecule has 1 aromatic rings. The molecule has 18 heavy (non-hydrogen) atoms. The van der Waals surface area contributed by atoms with Crippen molar-refractivity contribution in [1.29, 1.82) is 0 Å². The van der Waals surface area contributed by atoms with Crippen LogP contribution in [-0.4, -0.2) is 39.0 Å². The molecule has 0 aliphatic heterocycles. The van der Waals surface area contributed by atoms with Gasteiger partial charge in [-0.1, -0.05) is 11.6 Å². The fourth-order valence-electron chi connectivity index (χ4n) is 1.80. The molecule has 0 saturated carbocycles. The summed E-state index contributed by atoms with van der Waals surface area (Å²) in [6, 6.07) is 5.82. The highest BCUT2D eigenvalue weighted by molar-refractivity contribution is 5.38. The normalized spacial score (nSPS) is 12.4. The van der Waals surface area contributed by atoms with Crippen LogP contribution in [0.1, 0.15) is 23.7 Å². The zero-order valence-corrected chi connectivity index (χ0v) is 11.4. The molecule has 0 radical (unpaired) electrons. The molecule has 0 fully saturated rings. The number of rotatable bonds is 8. The Balaban J connectivity index is 2.49. The minimum atomic E-state index is -0.553. The second-order valence-corrected chi connectivity index (χ2v) is 4.31. The van der Waals surface area contributed by atoms with Crippen molar-refractivity contribution in [3.8, 4) is 5.75 Å². The molecule has 0 aliphatic carbocycles. The molecule has 2 N–H and O–H groups in total. The van der Waals surface area contributed by atoms with Crippen molar-refractivity contribution in [3.63, 3.8) is 0 Å². The van der Waals surface area contributed by atoms with Crippen LogP contribution in [0.2, 0.25) is 0 Å². The van der Waals surface area contributed by atoms with Crippen LogP contribution < -0.4 is 10.1 Å². The lowest BCUT2D eigenvalue weighted by Crippen LogP contribution is -2.23. The molecule has 102 valence electrons. The molecule has 0 aromatic heterocycles. The molecule has 0 heterocycles. The van der Waals surface area contributed by atoms with Gasteiger partial charge in [0.15, 0.2) is 0 Å². The molecule has 0 amide bonds. The van der Waals surface area contributed by atoms with Crippen molar-refractivity contribution in [2.45, 2.75) is 19.4 Å². The van der Waals surface area contributed by atoms with Gasteiger partial charge in [-0.15, -0.1) is 0 Å². The van der Waals surface area contributed by atoms with E-state index in [0.717, 1.165) is 36.4 Å². The first-order chi connectivity index (χ1) is 8.69. The Kier molecular flexibility index (Phi) is 6.72. The lowest BCUT2D eigenvalue weighted by molar-refractivity contribution is 0.165. The SMILES string of the molecule is COCCCNCC(O)c1cc(C)ccc1OC. The van der Waals surface area contributed by atoms with Crippen molar-refractivity contribution in [3.05, 3.63) is 29.3 Å². The first-order valence-corrected chi connectivity index (χ1v) is 6.21. The average Bonchev–Trinajstić information content (AvgIpc) is 2.38. The molecule has 0 saturated heterocycles. The number of hydrogen-bond donors (Lipinski definition) is 2. The molecule has 0 aliphatic rings. The fraction of sp³-hybridized carbons (Fsp3) is 0.571. The van der Waals surface area contributed by atoms with Gasteiger partial charge >= 0.3 is 0 Å². The van der Waals surface area contributed by atoms with E-state index in [1.54, 1.807) is 14.2 Å². The van der Waals surface area contributed by atoms with Crippen LogP contribution in [0.5, 0.6) is 5.75 Å². The zero-order valence-electron chi connectivity index (χ0n) is 11.4. The summed E-state index contributed by atoms with van der Waals surface area (Å²) in [6.45, 7) is 4.08. The summed E-state index contributed by atoms with van der Waals surface area (Å²) < 4.78 is 10.2. The van der Waals surface area contributed by atoms with Crippen molar-refractivity contribution in [2.75, 3.05) is 33.9 Å². The standard InChI is InChI=1S/C14H23NO3/c1-11-5-6-14(18-3)12(9-11)13(16)10-15-7-4-8-17-2/h5-6,9,13,15-16H,4,7-8,10H2,1-3H3. The van der Waals surface area contributed by atoms with Gasteiger partial charge in [-0.05, 0) is 32.0 Å². The van der Waals surface area contributed by atoms with Gasteiger partial charge in [0.1, 0.15) is 5.75 Å². The number of aliphatic hydroxyl groups excluding tert-OH is 1. The number of methoxy groups -OCH3 is 2. The van der Waals surface area contributed by atoms with E-state index in [1.165, 1.54) is 0 Å². The first kappa shape index (κ1) is 15.0. The molecule has 0 spiro atoms. The lowest BCUT2D eigenvalue weighted by atomic mass is 10.1. The van der Waals surface area contributed by atoms with Gasteiger partial charge in [0.05, 0.1) is 13.2 Å². The molecule has 1 atom stereocenters. The van der Waals surface area contributed by atoms with Crippen LogP contribution in [0.25, 0.3) is 0 Å². The number of benzene rings is 1. The van der Waals surface area contributed by atoms with Gasteiger partial charge in [0.25, 0.3) is 0 Å². The fourth-order valence-corrected chi connectivity index (χ4v) is 1.80. The van der Waals surface area contributed by atoms with Gasteiger partial charge < -0.3 is 19.9 Å². The number of aliphatic hydroxyl groups is 1. The van der Waals surface area contributed by atoms with E-state index >= 15 is 0 Å². The summed E-state index contributed by atoms with van der Waals surface area (Å²) in [6.07, 6.45) is 0.385. The third-order valence-electron chi connectivity index (χ3n) is 2.78. The summed E-state index contributed by atoms with van der Waals surface area (Å²) in [7, 11) is 3.30. The Morgan fingerprint density at radius 1 is 1.33 bits per heavy atom. The first-order valence-electron chi connectivity index (χ1n) is 6.21. The Labute approximate surface area is 109 Å². The van der Waals surface area contributed by atoms with E-state index in [0.29, 0.717) is 6.54 Å². The van der Waals surface area contributed by atoms with E-state index in [2.05, 4.69) is 5.32 Å². The van der Waals surface area contributed by atoms with E-state index in [4.69, 9.17) is 9.47 Å². The van der Waals surface area contributed by atoms with Crippen molar-refractivity contribution >= 4 is 0 Å². The second-order valence-electron chi connectivity index (χ2n) is 4.31. The van der Waals surface area contributed by atoms with Crippen LogP contribution >= 0.6 is 0 Å². The van der Waals surface area contributed by atoms with Gasteiger partial charge in [0, 0.05) is 25.8 Å². The Bertz CT molecular complexity index is 355. The van der Waals surface area contributed by atoms with Gasteiger partial charge in [-0.2, -0.15) is 0 Å². The minimum absolute atomic E-state index is 0.517. The van der Waals surface area contributed by atoms with E-state index in [1.807, 2.05) is 25.1 Å². The number of aryl methyl sites for hydroxylation is 1. The number of hydrogen-bond acceptors (Lipinski definition) is 4. The Morgan fingerprint density at radius 2 is 2.11 bits per heavy atom. The summed E-state index contributed by atoms with van der Waals surface area (Å²) in [5.74, 6) is 0.729. The summed E-state index contributed by atoms with van der Waals surface area (Å²) in [4.78, 5) is 0. The molecule has 4 heteroatoms. The molecule has 4 nitrogen and oxygen atoms in total. The Morgan fingerprint density at radius 3 is 2.78 bits per heavy atom. The maximum Gasteiger partial charge on any atom is 0.124 e. The maximum atomic E-state index is 10.1. The van der Waals surface area contributed by atoms with Crippen LogP contribution in [0.15, 0.2) is 18.2 Å². The molecule has 1 unspecified atom stereocenters. The van der Waals surface area contributed by atoms with Gasteiger partial charge in [0.2, 0.25) is 0 Å². The molecule has 0 bridgehead atoms. The minimum Gasteiger partial charge on any atom is -0.496 e. The van der Waals surface area contributed by atoms with Gasteiger partial charge in [-0.3, -0.25) is 0 Å². The predicted octanol–water partition coefficient (Wildman–Crippen LogP) is 1.66. The topological polar surface area (TPSA) is 50.7 Å². The maximum absolute atomic E-state index is 10.1. The van der Waals surface area contributed by atoms with E-state index in [-0.39, 0.29) is 0 Å². The van der Waals surface area contributed by atoms with Crippen LogP contribution in [0, 0.1) is 6.92 Å². The highest BCUT2D eigenvalue weighted by Gasteiger charge is 2.12. The Hall–Kier alpha value is -1.10. The number of ether oxygens (including phenoxy) is 2. The van der Waals surface area contributed by atoms with Gasteiger partial charge in [-0.25, -0.2) is 0 Å². The predicted molar refractivity (Wildman–Crippen MR) is 72.1 cm³/mol. The molecule has 1 rings (SSSR count). The van der Waals surface area contributed by atoms with Crippen molar-refractivity contribution in [1.82, 2.24) is 5.32 Å². The second kappa shape index (κ2) is 8.08. The largest absolute Gasteiger partial charge is 0.496 e. The molecular weight excluding hydrogens is 230 g/mol. The monoisotopic (exact) mass is 253 g/mol. The van der Waals surface area contributed by atoms with Crippen molar-refractivity contribution < 1.29 is 14.6 Å². The number of nitrogens with one attached hydrogen (secondary N) is 1. The quantitative estimate of drug-likeness (QED) is 0.692. The van der Waals surface area contributed by atoms with E-state index < -0.39 is 6.10 Å². The third-order valence-corrected chi connectivity index (χ3v) is 2.78. The lowest BCUT2D eigenvalue weighted by Gasteiger charge is -2.16. The smallest absolute Gasteiger partial charge is 0.124 e.